The van der Waals surface area contributed by atoms with Gasteiger partial charge >= 0.3 is 5.97 Å². The van der Waals surface area contributed by atoms with E-state index in [2.05, 4.69) is 11.7 Å². The van der Waals surface area contributed by atoms with Crippen molar-refractivity contribution in [2.75, 3.05) is 6.61 Å². The lowest BCUT2D eigenvalue weighted by molar-refractivity contribution is -0.142. The van der Waals surface area contributed by atoms with E-state index in [9.17, 15) is 4.79 Å². The van der Waals surface area contributed by atoms with Gasteiger partial charge in [0.15, 0.2) is 0 Å². The molecule has 0 spiro atoms. The molecule has 1 N–H and O–H groups in total. The summed E-state index contributed by atoms with van der Waals surface area (Å²) in [7, 11) is 0. The molecule has 0 saturated carbocycles. The number of ether oxygens (including phenoxy) is 1. The Labute approximate surface area is 167 Å². The van der Waals surface area contributed by atoms with Gasteiger partial charge in [-0.05, 0) is 24.3 Å². The predicted octanol–water partition coefficient (Wildman–Crippen LogP) is 4.49. The second-order valence-electron chi connectivity index (χ2n) is 5.99. The summed E-state index contributed by atoms with van der Waals surface area (Å²) in [6, 6.07) is 13.3. The van der Waals surface area contributed by atoms with Gasteiger partial charge in [0.1, 0.15) is 12.4 Å². The highest BCUT2D eigenvalue weighted by molar-refractivity contribution is 6.31. The Morgan fingerprint density at radius 2 is 2.11 bits per heavy atom. The zero-order valence-electron chi connectivity index (χ0n) is 15.0. The first-order valence-electron chi connectivity index (χ1n) is 8.55. The van der Waals surface area contributed by atoms with Crippen molar-refractivity contribution in [2.24, 2.45) is 5.16 Å². The van der Waals surface area contributed by atoms with Gasteiger partial charge in [0.05, 0.1) is 6.21 Å². The van der Waals surface area contributed by atoms with Crippen LogP contribution in [0.25, 0.3) is 10.9 Å². The number of carboxylic acid groups (broad SMARTS) is 1. The molecule has 0 unspecified atom stereocenters. The minimum absolute atomic E-state index is 0.351. The van der Waals surface area contributed by atoms with Crippen LogP contribution >= 0.6 is 11.6 Å². The van der Waals surface area contributed by atoms with E-state index in [0.717, 1.165) is 22.0 Å². The molecular formula is C21H19ClN2O4. The highest BCUT2D eigenvalue weighted by Crippen LogP contribution is 2.27. The first kappa shape index (κ1) is 19.5. The van der Waals surface area contributed by atoms with E-state index in [0.29, 0.717) is 23.9 Å². The molecule has 0 radical (unpaired) electrons. The average Bonchev–Trinajstić information content (AvgIpc) is 3.02. The number of oxime groups is 1. The van der Waals surface area contributed by atoms with Gasteiger partial charge in [-0.3, -0.25) is 0 Å². The molecular weight excluding hydrogens is 380 g/mol. The number of aromatic nitrogens is 1. The summed E-state index contributed by atoms with van der Waals surface area (Å²) in [5, 5.41) is 13.9. The smallest absolute Gasteiger partial charge is 0.344 e. The van der Waals surface area contributed by atoms with E-state index in [1.807, 2.05) is 53.2 Å². The number of hydrogen-bond donors (Lipinski definition) is 1. The van der Waals surface area contributed by atoms with Gasteiger partial charge in [0.2, 0.25) is 6.61 Å². The van der Waals surface area contributed by atoms with Crippen molar-refractivity contribution in [3.05, 3.63) is 77.5 Å². The Bertz CT molecular complexity index is 1030. The van der Waals surface area contributed by atoms with Gasteiger partial charge in [-0.15, -0.1) is 6.58 Å². The molecule has 0 saturated heterocycles. The predicted molar refractivity (Wildman–Crippen MR) is 109 cm³/mol. The normalized spacial score (nSPS) is 11.0. The SMILES string of the molecule is C=CCn1cc(C=NOCC(=O)O)c2cc(OCc3ccccc3Cl)ccc21. The van der Waals surface area contributed by atoms with E-state index in [-0.39, 0.29) is 0 Å². The van der Waals surface area contributed by atoms with Crippen LogP contribution in [0.5, 0.6) is 5.75 Å². The Balaban J connectivity index is 1.85. The first-order valence-corrected chi connectivity index (χ1v) is 8.93. The van der Waals surface area contributed by atoms with E-state index < -0.39 is 12.6 Å². The van der Waals surface area contributed by atoms with Gasteiger partial charge < -0.3 is 19.2 Å². The van der Waals surface area contributed by atoms with E-state index >= 15 is 0 Å². The van der Waals surface area contributed by atoms with Crippen molar-refractivity contribution in [3.8, 4) is 5.75 Å². The molecule has 1 heterocycles. The van der Waals surface area contributed by atoms with E-state index in [1.165, 1.54) is 6.21 Å². The molecule has 144 valence electrons. The third-order valence-electron chi connectivity index (χ3n) is 4.02. The van der Waals surface area contributed by atoms with Crippen LogP contribution in [0.2, 0.25) is 5.02 Å². The van der Waals surface area contributed by atoms with Crippen LogP contribution in [-0.4, -0.2) is 28.5 Å². The largest absolute Gasteiger partial charge is 0.489 e. The second-order valence-corrected chi connectivity index (χ2v) is 6.39. The van der Waals surface area contributed by atoms with Gasteiger partial charge in [-0.1, -0.05) is 41.0 Å². The van der Waals surface area contributed by atoms with Crippen molar-refractivity contribution in [2.45, 2.75) is 13.2 Å². The monoisotopic (exact) mass is 398 g/mol. The highest BCUT2D eigenvalue weighted by atomic mass is 35.5. The fourth-order valence-corrected chi connectivity index (χ4v) is 2.94. The number of hydrogen-bond acceptors (Lipinski definition) is 4. The van der Waals surface area contributed by atoms with Crippen LogP contribution in [0.15, 0.2) is 66.5 Å². The molecule has 0 aliphatic rings. The lowest BCUT2D eigenvalue weighted by Crippen LogP contribution is -2.03. The van der Waals surface area contributed by atoms with Crippen molar-refractivity contribution < 1.29 is 19.5 Å². The number of halogens is 1. The summed E-state index contributed by atoms with van der Waals surface area (Å²) in [4.78, 5) is 15.3. The van der Waals surface area contributed by atoms with Crippen molar-refractivity contribution >= 4 is 34.7 Å². The number of fused-ring (bicyclic) bond motifs is 1. The standard InChI is InChI=1S/C21H19ClN2O4/c1-2-9-24-12-16(11-23-28-14-21(25)26)18-10-17(7-8-20(18)24)27-13-15-5-3-4-6-19(15)22/h2-8,10-12H,1,9,13-14H2,(H,25,26). The Kier molecular flexibility index (Phi) is 6.34. The van der Waals surface area contributed by atoms with Crippen molar-refractivity contribution in [1.82, 2.24) is 4.57 Å². The average molecular weight is 399 g/mol. The molecule has 3 aromatic rings. The second kappa shape index (κ2) is 9.10. The number of nitrogens with zero attached hydrogens (tertiary/aromatic N) is 2. The first-order chi connectivity index (χ1) is 13.6. The lowest BCUT2D eigenvalue weighted by atomic mass is 10.2. The number of allylic oxidation sites excluding steroid dienone is 1. The van der Waals surface area contributed by atoms with Gasteiger partial charge in [-0.25, -0.2) is 4.79 Å². The molecule has 0 amide bonds. The number of rotatable bonds is 9. The maximum atomic E-state index is 10.5. The molecule has 6 nitrogen and oxygen atoms in total. The minimum Gasteiger partial charge on any atom is -0.489 e. The quantitative estimate of drug-likeness (QED) is 0.327. The number of carboxylic acids is 1. The van der Waals surface area contributed by atoms with Crippen molar-refractivity contribution in [3.63, 3.8) is 0 Å². The number of benzene rings is 2. The molecule has 1 aromatic heterocycles. The fraction of sp³-hybridized carbons (Fsp3) is 0.143. The summed E-state index contributed by atoms with van der Waals surface area (Å²) in [5.41, 5.74) is 2.66. The molecule has 3 rings (SSSR count). The topological polar surface area (TPSA) is 73.1 Å². The fourth-order valence-electron chi connectivity index (χ4n) is 2.75. The maximum Gasteiger partial charge on any atom is 0.344 e. The van der Waals surface area contributed by atoms with Crippen LogP contribution in [0.4, 0.5) is 0 Å². The molecule has 0 atom stereocenters. The number of aliphatic carboxylic acids is 1. The highest BCUT2D eigenvalue weighted by Gasteiger charge is 2.09. The lowest BCUT2D eigenvalue weighted by Gasteiger charge is -2.08. The van der Waals surface area contributed by atoms with Crippen LogP contribution < -0.4 is 4.74 Å². The Morgan fingerprint density at radius 1 is 1.29 bits per heavy atom. The number of carbonyl (C=O) groups is 1. The maximum absolute atomic E-state index is 10.5. The van der Waals surface area contributed by atoms with Crippen LogP contribution in [0.1, 0.15) is 11.1 Å². The van der Waals surface area contributed by atoms with E-state index in [4.69, 9.17) is 26.3 Å². The Hall–Kier alpha value is -3.25. The summed E-state index contributed by atoms with van der Waals surface area (Å²) in [6.07, 6.45) is 5.18. The molecule has 28 heavy (non-hydrogen) atoms. The van der Waals surface area contributed by atoms with Crippen LogP contribution in [-0.2, 0) is 22.8 Å². The molecule has 0 fully saturated rings. The molecule has 0 bridgehead atoms. The van der Waals surface area contributed by atoms with E-state index in [1.54, 1.807) is 6.08 Å². The van der Waals surface area contributed by atoms with Crippen LogP contribution in [0.3, 0.4) is 0 Å². The zero-order chi connectivity index (χ0) is 19.9. The summed E-state index contributed by atoms with van der Waals surface area (Å²) >= 11 is 6.18. The molecule has 7 heteroatoms. The zero-order valence-corrected chi connectivity index (χ0v) is 15.8. The summed E-state index contributed by atoms with van der Waals surface area (Å²) < 4.78 is 7.91. The molecule has 0 aliphatic heterocycles. The third kappa shape index (κ3) is 4.72. The third-order valence-corrected chi connectivity index (χ3v) is 4.38. The summed E-state index contributed by atoms with van der Waals surface area (Å²) in [6.45, 7) is 4.26. The minimum atomic E-state index is -1.08. The van der Waals surface area contributed by atoms with Gasteiger partial charge in [0, 0.05) is 39.8 Å². The van der Waals surface area contributed by atoms with Gasteiger partial charge in [0.25, 0.3) is 0 Å². The Morgan fingerprint density at radius 3 is 2.86 bits per heavy atom. The van der Waals surface area contributed by atoms with Crippen LogP contribution in [0, 0.1) is 0 Å². The molecule has 2 aromatic carbocycles. The van der Waals surface area contributed by atoms with Gasteiger partial charge in [-0.2, -0.15) is 0 Å². The van der Waals surface area contributed by atoms with Crippen molar-refractivity contribution in [1.29, 1.82) is 0 Å². The molecule has 0 aliphatic carbocycles. The summed E-state index contributed by atoms with van der Waals surface area (Å²) in [5.74, 6) is -0.397.